The fourth-order valence-electron chi connectivity index (χ4n) is 2.29. The van der Waals surface area contributed by atoms with Crippen molar-refractivity contribution in [2.75, 3.05) is 0 Å². The summed E-state index contributed by atoms with van der Waals surface area (Å²) in [6.07, 6.45) is -0.0723. The maximum atomic E-state index is 12.5. The number of nitrogens with zero attached hydrogens (tertiary/aromatic N) is 1. The number of nitrogens with one attached hydrogen (secondary N) is 1. The van der Waals surface area contributed by atoms with Crippen LogP contribution in [0, 0.1) is 0 Å². The van der Waals surface area contributed by atoms with Crippen LogP contribution in [-0.4, -0.2) is 29.8 Å². The largest absolute Gasteiger partial charge is 0.425 e. The summed E-state index contributed by atoms with van der Waals surface area (Å²) in [4.78, 5) is 39.8. The van der Waals surface area contributed by atoms with Gasteiger partial charge in [-0.15, -0.1) is 0 Å². The minimum Gasteiger partial charge on any atom is -0.425 e. The molecule has 2 aromatic carbocycles. The predicted molar refractivity (Wildman–Crippen MR) is 104 cm³/mol. The highest BCUT2D eigenvalue weighted by Gasteiger charge is 2.24. The Kier molecular flexibility index (Phi) is 7.09. The van der Waals surface area contributed by atoms with Crippen molar-refractivity contribution in [2.45, 2.75) is 18.9 Å². The molecule has 0 aliphatic carbocycles. The van der Waals surface area contributed by atoms with Crippen molar-refractivity contribution in [3.63, 3.8) is 0 Å². The van der Waals surface area contributed by atoms with E-state index in [-0.39, 0.29) is 24.6 Å². The molecule has 0 spiro atoms. The summed E-state index contributed by atoms with van der Waals surface area (Å²) in [7, 11) is 0. The average Bonchev–Trinajstić information content (AvgIpc) is 2.66. The number of esters is 1. The molecular weight excluding hydrogens is 362 g/mol. The Hall–Kier alpha value is -3.88. The number of amides is 2. The van der Waals surface area contributed by atoms with Crippen molar-refractivity contribution >= 4 is 29.4 Å². The average molecular weight is 383 g/mol. The topological polar surface area (TPSA) is 163 Å². The van der Waals surface area contributed by atoms with Gasteiger partial charge in [0.15, 0.2) is 5.96 Å². The van der Waals surface area contributed by atoms with Gasteiger partial charge >= 0.3 is 5.97 Å². The lowest BCUT2D eigenvalue weighted by Crippen LogP contribution is -2.43. The third kappa shape index (κ3) is 6.45. The number of aliphatic imine (C=N–C) groups is 1. The van der Waals surface area contributed by atoms with Crippen molar-refractivity contribution in [2.24, 2.45) is 22.2 Å². The van der Waals surface area contributed by atoms with E-state index in [2.05, 4.69) is 10.3 Å². The SMILES string of the molecule is NC(=O)CC[C@H](NC(=O)c1ccccc1)C(=O)Oc1ccc(N=C(N)N)cc1. The zero-order chi connectivity index (χ0) is 20.5. The number of benzene rings is 2. The maximum absolute atomic E-state index is 12.5. The Morgan fingerprint density at radius 1 is 0.964 bits per heavy atom. The van der Waals surface area contributed by atoms with Gasteiger partial charge in [0.2, 0.25) is 5.91 Å². The number of rotatable bonds is 8. The fourth-order valence-corrected chi connectivity index (χ4v) is 2.29. The number of guanidine groups is 1. The Morgan fingerprint density at radius 3 is 2.18 bits per heavy atom. The van der Waals surface area contributed by atoms with E-state index in [4.69, 9.17) is 21.9 Å². The van der Waals surface area contributed by atoms with E-state index in [0.29, 0.717) is 11.3 Å². The molecule has 0 aliphatic rings. The molecule has 0 bridgehead atoms. The number of nitrogens with two attached hydrogens (primary N) is 3. The number of hydrogen-bond donors (Lipinski definition) is 4. The van der Waals surface area contributed by atoms with E-state index in [1.54, 1.807) is 42.5 Å². The van der Waals surface area contributed by atoms with Crippen LogP contribution in [0.1, 0.15) is 23.2 Å². The summed E-state index contributed by atoms with van der Waals surface area (Å²) in [5.41, 5.74) is 16.6. The van der Waals surface area contributed by atoms with Crippen LogP contribution in [-0.2, 0) is 9.59 Å². The minimum absolute atomic E-state index is 0.0127. The van der Waals surface area contributed by atoms with Gasteiger partial charge in [-0.1, -0.05) is 18.2 Å². The summed E-state index contributed by atoms with van der Waals surface area (Å²) >= 11 is 0. The standard InChI is InChI=1S/C19H21N5O4/c20-16(25)11-10-15(24-17(26)12-4-2-1-3-5-12)18(27)28-14-8-6-13(7-9-14)23-19(21)22/h1-9,15H,10-11H2,(H2,20,25)(H,24,26)(H4,21,22,23)/t15-/m0/s1. The lowest BCUT2D eigenvalue weighted by atomic mass is 10.1. The Labute approximate surface area is 161 Å². The lowest BCUT2D eigenvalue weighted by Gasteiger charge is -2.17. The molecule has 7 N–H and O–H groups in total. The molecule has 0 unspecified atom stereocenters. The van der Waals surface area contributed by atoms with E-state index in [1.807, 2.05) is 0 Å². The predicted octanol–water partition coefficient (Wildman–Crippen LogP) is 0.561. The first kappa shape index (κ1) is 20.4. The van der Waals surface area contributed by atoms with E-state index >= 15 is 0 Å². The fraction of sp³-hybridized carbons (Fsp3) is 0.158. The second-order valence-corrected chi connectivity index (χ2v) is 5.85. The third-order valence-electron chi connectivity index (χ3n) is 3.62. The molecule has 2 aromatic rings. The van der Waals surface area contributed by atoms with Gasteiger partial charge in [-0.3, -0.25) is 9.59 Å². The minimum atomic E-state index is -1.04. The summed E-state index contributed by atoms with van der Waals surface area (Å²) in [5.74, 6) is -1.64. The molecule has 0 aliphatic heterocycles. The van der Waals surface area contributed by atoms with E-state index in [0.717, 1.165) is 0 Å². The third-order valence-corrected chi connectivity index (χ3v) is 3.62. The van der Waals surface area contributed by atoms with Gasteiger partial charge in [-0.25, -0.2) is 9.79 Å². The monoisotopic (exact) mass is 383 g/mol. The van der Waals surface area contributed by atoms with Crippen LogP contribution in [0.25, 0.3) is 0 Å². The van der Waals surface area contributed by atoms with Crippen LogP contribution in [0.5, 0.6) is 5.75 Å². The Balaban J connectivity index is 2.08. The van der Waals surface area contributed by atoms with Gasteiger partial charge in [0.25, 0.3) is 5.91 Å². The van der Waals surface area contributed by atoms with Gasteiger partial charge < -0.3 is 27.3 Å². The molecule has 0 saturated heterocycles. The van der Waals surface area contributed by atoms with Crippen molar-refractivity contribution in [1.82, 2.24) is 5.32 Å². The molecule has 9 heteroatoms. The first-order chi connectivity index (χ1) is 13.3. The zero-order valence-electron chi connectivity index (χ0n) is 15.0. The van der Waals surface area contributed by atoms with Gasteiger partial charge in [0.05, 0.1) is 5.69 Å². The van der Waals surface area contributed by atoms with E-state index in [1.165, 1.54) is 12.1 Å². The highest BCUT2D eigenvalue weighted by molar-refractivity contribution is 5.97. The second kappa shape index (κ2) is 9.72. The summed E-state index contributed by atoms with van der Waals surface area (Å²) in [5, 5.41) is 2.57. The molecular formula is C19H21N5O4. The molecule has 9 nitrogen and oxygen atoms in total. The quantitative estimate of drug-likeness (QED) is 0.225. The maximum Gasteiger partial charge on any atom is 0.334 e. The molecule has 0 heterocycles. The lowest BCUT2D eigenvalue weighted by molar-refractivity contribution is -0.136. The molecule has 0 radical (unpaired) electrons. The van der Waals surface area contributed by atoms with Gasteiger partial charge in [0.1, 0.15) is 11.8 Å². The number of ether oxygens (including phenoxy) is 1. The number of hydrogen-bond acceptors (Lipinski definition) is 5. The molecule has 0 saturated carbocycles. The summed E-state index contributed by atoms with van der Waals surface area (Å²) in [6, 6.07) is 13.5. The second-order valence-electron chi connectivity index (χ2n) is 5.85. The highest BCUT2D eigenvalue weighted by atomic mass is 16.5. The van der Waals surface area contributed by atoms with Crippen LogP contribution >= 0.6 is 0 Å². The van der Waals surface area contributed by atoms with Gasteiger partial charge in [0, 0.05) is 12.0 Å². The molecule has 0 aromatic heterocycles. The molecule has 1 atom stereocenters. The number of carbonyl (C=O) groups is 3. The molecule has 2 amide bonds. The van der Waals surface area contributed by atoms with Crippen LogP contribution in [0.15, 0.2) is 59.6 Å². The zero-order valence-corrected chi connectivity index (χ0v) is 15.0. The summed E-state index contributed by atoms with van der Waals surface area (Å²) in [6.45, 7) is 0. The number of primary amides is 1. The van der Waals surface area contributed by atoms with Crippen LogP contribution < -0.4 is 27.3 Å². The van der Waals surface area contributed by atoms with Crippen molar-refractivity contribution in [3.05, 3.63) is 60.2 Å². The number of carbonyl (C=O) groups excluding carboxylic acids is 3. The van der Waals surface area contributed by atoms with Crippen molar-refractivity contribution in [3.8, 4) is 5.75 Å². The smallest absolute Gasteiger partial charge is 0.334 e. The molecule has 28 heavy (non-hydrogen) atoms. The first-order valence-electron chi connectivity index (χ1n) is 8.41. The van der Waals surface area contributed by atoms with E-state index < -0.39 is 23.8 Å². The molecule has 2 rings (SSSR count). The Morgan fingerprint density at radius 2 is 1.61 bits per heavy atom. The Bertz CT molecular complexity index is 862. The van der Waals surface area contributed by atoms with Crippen molar-refractivity contribution in [1.29, 1.82) is 0 Å². The first-order valence-corrected chi connectivity index (χ1v) is 8.41. The van der Waals surface area contributed by atoms with Gasteiger partial charge in [-0.2, -0.15) is 0 Å². The van der Waals surface area contributed by atoms with Crippen LogP contribution in [0.4, 0.5) is 5.69 Å². The van der Waals surface area contributed by atoms with Gasteiger partial charge in [-0.05, 0) is 42.8 Å². The van der Waals surface area contributed by atoms with E-state index in [9.17, 15) is 14.4 Å². The summed E-state index contributed by atoms with van der Waals surface area (Å²) < 4.78 is 5.29. The molecule has 146 valence electrons. The van der Waals surface area contributed by atoms with Crippen LogP contribution in [0.2, 0.25) is 0 Å². The highest BCUT2D eigenvalue weighted by Crippen LogP contribution is 2.18. The van der Waals surface area contributed by atoms with Crippen LogP contribution in [0.3, 0.4) is 0 Å². The van der Waals surface area contributed by atoms with Crippen molar-refractivity contribution < 1.29 is 19.1 Å². The molecule has 0 fully saturated rings. The normalized spacial score (nSPS) is 11.1.